The van der Waals surface area contributed by atoms with Gasteiger partial charge in [-0.15, -0.1) is 0 Å². The third kappa shape index (κ3) is 2.11. The second kappa shape index (κ2) is 4.05. The van der Waals surface area contributed by atoms with Gasteiger partial charge in [0.05, 0.1) is 11.3 Å². The number of hydrogen-bond acceptors (Lipinski definition) is 6. The number of aliphatic carboxylic acids is 1. The predicted molar refractivity (Wildman–Crippen MR) is 56.7 cm³/mol. The fraction of sp³-hybridized carbons (Fsp3) is 0.500. The van der Waals surface area contributed by atoms with E-state index >= 15 is 0 Å². The van der Waals surface area contributed by atoms with Gasteiger partial charge in [-0.3, -0.25) is 14.9 Å². The van der Waals surface area contributed by atoms with Crippen LogP contribution in [0.15, 0.2) is 6.20 Å². The van der Waals surface area contributed by atoms with Crippen LogP contribution in [0.4, 0.5) is 10.1 Å². The van der Waals surface area contributed by atoms with Crippen LogP contribution in [-0.2, 0) is 4.79 Å². The van der Waals surface area contributed by atoms with E-state index in [1.807, 2.05) is 4.90 Å². The van der Waals surface area contributed by atoms with Crippen molar-refractivity contribution < 1.29 is 14.8 Å². The van der Waals surface area contributed by atoms with Gasteiger partial charge in [-0.05, 0) is 11.3 Å². The summed E-state index contributed by atoms with van der Waals surface area (Å²) in [6.45, 7) is 1.22. The summed E-state index contributed by atoms with van der Waals surface area (Å²) >= 11 is 1.01. The number of rotatable bonds is 4. The first-order chi connectivity index (χ1) is 7.56. The van der Waals surface area contributed by atoms with Crippen LogP contribution in [0.2, 0.25) is 0 Å². The molecular weight excluding hydrogens is 234 g/mol. The standard InChI is InChI=1S/C8H9N3O4S/c12-7(13)1-5-3-10(4-5)8-9-2-6(16-8)11(14)15/h2,5H,1,3-4H2,(H,12,13). The lowest BCUT2D eigenvalue weighted by atomic mass is 9.97. The molecule has 1 fully saturated rings. The quantitative estimate of drug-likeness (QED) is 0.625. The van der Waals surface area contributed by atoms with E-state index in [1.54, 1.807) is 0 Å². The smallest absolute Gasteiger partial charge is 0.345 e. The van der Waals surface area contributed by atoms with Gasteiger partial charge in [-0.2, -0.15) is 0 Å². The van der Waals surface area contributed by atoms with E-state index in [0.29, 0.717) is 18.2 Å². The van der Waals surface area contributed by atoms with Crippen molar-refractivity contribution in [2.24, 2.45) is 5.92 Å². The first-order valence-corrected chi connectivity index (χ1v) is 5.45. The zero-order chi connectivity index (χ0) is 11.7. The highest BCUT2D eigenvalue weighted by molar-refractivity contribution is 7.18. The van der Waals surface area contributed by atoms with E-state index < -0.39 is 10.9 Å². The number of nitro groups is 1. The van der Waals surface area contributed by atoms with Gasteiger partial charge in [0, 0.05) is 19.0 Å². The molecule has 1 aliphatic rings. The van der Waals surface area contributed by atoms with E-state index in [0.717, 1.165) is 11.3 Å². The van der Waals surface area contributed by atoms with Crippen LogP contribution in [0.5, 0.6) is 0 Å². The van der Waals surface area contributed by atoms with Crippen molar-refractivity contribution in [2.45, 2.75) is 6.42 Å². The monoisotopic (exact) mass is 243 g/mol. The van der Waals surface area contributed by atoms with Crippen LogP contribution in [-0.4, -0.2) is 34.1 Å². The Morgan fingerprint density at radius 3 is 2.94 bits per heavy atom. The number of aromatic nitrogens is 1. The number of nitrogens with zero attached hydrogens (tertiary/aromatic N) is 3. The molecule has 0 aromatic carbocycles. The molecule has 86 valence electrons. The summed E-state index contributed by atoms with van der Waals surface area (Å²) in [6.07, 6.45) is 1.37. The molecule has 1 aromatic rings. The Balaban J connectivity index is 1.91. The normalized spacial score (nSPS) is 15.9. The van der Waals surface area contributed by atoms with Gasteiger partial charge in [0.1, 0.15) is 6.20 Å². The lowest BCUT2D eigenvalue weighted by Gasteiger charge is -2.38. The fourth-order valence-corrected chi connectivity index (χ4v) is 2.34. The summed E-state index contributed by atoms with van der Waals surface area (Å²) in [5.41, 5.74) is 0. The van der Waals surface area contributed by atoms with Crippen molar-refractivity contribution in [3.8, 4) is 0 Å². The Labute approximate surface area is 94.5 Å². The maximum atomic E-state index is 10.4. The van der Waals surface area contributed by atoms with E-state index in [4.69, 9.17) is 5.11 Å². The predicted octanol–water partition coefficient (Wildman–Crippen LogP) is 0.962. The molecule has 0 saturated carbocycles. The van der Waals surface area contributed by atoms with Crippen LogP contribution < -0.4 is 4.90 Å². The van der Waals surface area contributed by atoms with Gasteiger partial charge >= 0.3 is 11.0 Å². The zero-order valence-electron chi connectivity index (χ0n) is 8.20. The largest absolute Gasteiger partial charge is 0.481 e. The number of hydrogen-bond donors (Lipinski definition) is 1. The zero-order valence-corrected chi connectivity index (χ0v) is 9.01. The van der Waals surface area contributed by atoms with E-state index in [9.17, 15) is 14.9 Å². The Kier molecular flexibility index (Phi) is 2.73. The Bertz CT molecular complexity index is 427. The summed E-state index contributed by atoms with van der Waals surface area (Å²) in [5, 5.41) is 19.6. The molecule has 0 spiro atoms. The number of carbonyl (C=O) groups is 1. The van der Waals surface area contributed by atoms with E-state index in [-0.39, 0.29) is 17.3 Å². The van der Waals surface area contributed by atoms with Crippen molar-refractivity contribution >= 4 is 27.4 Å². The van der Waals surface area contributed by atoms with Crippen LogP contribution >= 0.6 is 11.3 Å². The minimum Gasteiger partial charge on any atom is -0.481 e. The van der Waals surface area contributed by atoms with Crippen molar-refractivity contribution in [3.63, 3.8) is 0 Å². The van der Waals surface area contributed by atoms with Gasteiger partial charge in [-0.1, -0.05) is 0 Å². The average molecular weight is 243 g/mol. The highest BCUT2D eigenvalue weighted by Gasteiger charge is 2.31. The molecule has 0 unspecified atom stereocenters. The van der Waals surface area contributed by atoms with Crippen LogP contribution in [0.3, 0.4) is 0 Å². The molecule has 2 rings (SSSR count). The molecule has 16 heavy (non-hydrogen) atoms. The fourth-order valence-electron chi connectivity index (χ4n) is 1.59. The van der Waals surface area contributed by atoms with Gasteiger partial charge in [0.15, 0.2) is 5.13 Å². The van der Waals surface area contributed by atoms with Crippen molar-refractivity contribution in [1.82, 2.24) is 4.98 Å². The van der Waals surface area contributed by atoms with Gasteiger partial charge in [0.25, 0.3) is 0 Å². The third-order valence-corrected chi connectivity index (χ3v) is 3.36. The summed E-state index contributed by atoms with van der Waals surface area (Å²) in [7, 11) is 0. The highest BCUT2D eigenvalue weighted by Crippen LogP contribution is 2.33. The maximum Gasteiger partial charge on any atom is 0.345 e. The number of carboxylic acids is 1. The van der Waals surface area contributed by atoms with Gasteiger partial charge < -0.3 is 10.0 Å². The number of thiazole rings is 1. The summed E-state index contributed by atoms with van der Waals surface area (Å²) in [4.78, 5) is 26.2. The molecule has 1 N–H and O–H groups in total. The molecular formula is C8H9N3O4S. The molecule has 7 nitrogen and oxygen atoms in total. The molecule has 1 aromatic heterocycles. The lowest BCUT2D eigenvalue weighted by Crippen LogP contribution is -2.47. The van der Waals surface area contributed by atoms with Crippen molar-refractivity contribution in [2.75, 3.05) is 18.0 Å². The van der Waals surface area contributed by atoms with Gasteiger partial charge in [0.2, 0.25) is 0 Å². The van der Waals surface area contributed by atoms with Crippen LogP contribution in [0.25, 0.3) is 0 Å². The minimum absolute atomic E-state index is 0.0108. The van der Waals surface area contributed by atoms with Crippen LogP contribution in [0.1, 0.15) is 6.42 Å². The first kappa shape index (κ1) is 10.8. The van der Waals surface area contributed by atoms with E-state index in [2.05, 4.69) is 4.98 Å². The van der Waals surface area contributed by atoms with Crippen molar-refractivity contribution in [3.05, 3.63) is 16.3 Å². The molecule has 0 amide bonds. The Morgan fingerprint density at radius 1 is 1.75 bits per heavy atom. The molecule has 0 bridgehead atoms. The highest BCUT2D eigenvalue weighted by atomic mass is 32.1. The molecule has 0 aliphatic carbocycles. The molecule has 8 heteroatoms. The van der Waals surface area contributed by atoms with E-state index in [1.165, 1.54) is 6.20 Å². The molecule has 2 heterocycles. The Morgan fingerprint density at radius 2 is 2.44 bits per heavy atom. The minimum atomic E-state index is -0.810. The Hall–Kier alpha value is -1.70. The second-order valence-corrected chi connectivity index (χ2v) is 4.59. The summed E-state index contributed by atoms with van der Waals surface area (Å²) in [5.74, 6) is -0.685. The van der Waals surface area contributed by atoms with Crippen molar-refractivity contribution in [1.29, 1.82) is 0 Å². The summed E-state index contributed by atoms with van der Waals surface area (Å²) in [6, 6.07) is 0. The SMILES string of the molecule is O=C(O)CC1CN(c2ncc([N+](=O)[O-])s2)C1. The number of anilines is 1. The molecule has 0 atom stereocenters. The topological polar surface area (TPSA) is 96.6 Å². The maximum absolute atomic E-state index is 10.4. The van der Waals surface area contributed by atoms with Crippen LogP contribution in [0, 0.1) is 16.0 Å². The molecule has 0 radical (unpaired) electrons. The molecule has 1 saturated heterocycles. The molecule has 1 aliphatic heterocycles. The lowest BCUT2D eigenvalue weighted by molar-refractivity contribution is -0.380. The average Bonchev–Trinajstić information content (AvgIpc) is 2.58. The first-order valence-electron chi connectivity index (χ1n) is 4.63. The summed E-state index contributed by atoms with van der Waals surface area (Å²) < 4.78 is 0. The number of carboxylic acid groups (broad SMARTS) is 1. The second-order valence-electron chi connectivity index (χ2n) is 3.61. The third-order valence-electron chi connectivity index (χ3n) is 2.35. The van der Waals surface area contributed by atoms with Gasteiger partial charge in [-0.25, -0.2) is 4.98 Å².